The van der Waals surface area contributed by atoms with Crippen molar-refractivity contribution in [2.24, 2.45) is 0 Å². The standard InChI is InChI=1S/C23H15ClF3NO3S/c24-19-9-10-22(31-15-16-5-4-6-18(11-16)23(25,26)27)17(12-19)13-21(14-28)32(29,30)20-7-2-1-3-8-20/h1-13H,15H2. The van der Waals surface area contributed by atoms with Crippen LogP contribution in [0.5, 0.6) is 5.75 Å². The van der Waals surface area contributed by atoms with E-state index in [2.05, 4.69) is 0 Å². The van der Waals surface area contributed by atoms with Gasteiger partial charge in [0.15, 0.2) is 0 Å². The van der Waals surface area contributed by atoms with E-state index in [0.29, 0.717) is 0 Å². The van der Waals surface area contributed by atoms with Crippen LogP contribution in [-0.4, -0.2) is 8.42 Å². The zero-order valence-corrected chi connectivity index (χ0v) is 17.9. The van der Waals surface area contributed by atoms with Gasteiger partial charge in [-0.05, 0) is 54.1 Å². The minimum absolute atomic E-state index is 0.0544. The Balaban J connectivity index is 1.94. The molecule has 0 radical (unpaired) electrons. The largest absolute Gasteiger partial charge is 0.488 e. The molecule has 0 N–H and O–H groups in total. The van der Waals surface area contributed by atoms with Crippen molar-refractivity contribution in [1.29, 1.82) is 5.26 Å². The molecule has 0 aliphatic rings. The van der Waals surface area contributed by atoms with Gasteiger partial charge >= 0.3 is 6.18 Å². The molecule has 0 aliphatic heterocycles. The lowest BCUT2D eigenvalue weighted by Gasteiger charge is -2.12. The lowest BCUT2D eigenvalue weighted by molar-refractivity contribution is -0.137. The number of sulfone groups is 1. The molecular formula is C23H15ClF3NO3S. The fraction of sp³-hybridized carbons (Fsp3) is 0.0870. The van der Waals surface area contributed by atoms with Crippen LogP contribution in [0.4, 0.5) is 13.2 Å². The van der Waals surface area contributed by atoms with Gasteiger partial charge < -0.3 is 4.74 Å². The van der Waals surface area contributed by atoms with E-state index >= 15 is 0 Å². The fourth-order valence-corrected chi connectivity index (χ4v) is 4.15. The second-order valence-corrected chi connectivity index (χ2v) is 8.96. The molecule has 0 spiro atoms. The van der Waals surface area contributed by atoms with Gasteiger partial charge in [-0.25, -0.2) is 8.42 Å². The lowest BCUT2D eigenvalue weighted by Crippen LogP contribution is -2.06. The van der Waals surface area contributed by atoms with E-state index in [0.717, 1.165) is 18.2 Å². The summed E-state index contributed by atoms with van der Waals surface area (Å²) in [5.41, 5.74) is -0.349. The zero-order valence-electron chi connectivity index (χ0n) is 16.3. The van der Waals surface area contributed by atoms with Crippen LogP contribution in [0.3, 0.4) is 0 Å². The molecule has 0 aromatic heterocycles. The van der Waals surface area contributed by atoms with Gasteiger partial charge in [0, 0.05) is 10.6 Å². The molecule has 0 fully saturated rings. The highest BCUT2D eigenvalue weighted by Gasteiger charge is 2.30. The molecule has 0 heterocycles. The Morgan fingerprint density at radius 3 is 2.41 bits per heavy atom. The topological polar surface area (TPSA) is 67.2 Å². The predicted octanol–water partition coefficient (Wildman–Crippen LogP) is 6.28. The van der Waals surface area contributed by atoms with Crippen LogP contribution in [-0.2, 0) is 22.6 Å². The highest BCUT2D eigenvalue weighted by Crippen LogP contribution is 2.31. The van der Waals surface area contributed by atoms with Crippen molar-refractivity contribution in [3.8, 4) is 11.8 Å². The van der Waals surface area contributed by atoms with Crippen LogP contribution in [0, 0.1) is 11.3 Å². The third kappa shape index (κ3) is 5.49. The second kappa shape index (κ2) is 9.47. The zero-order chi connectivity index (χ0) is 23.4. The van der Waals surface area contributed by atoms with Crippen molar-refractivity contribution >= 4 is 27.5 Å². The minimum atomic E-state index is -4.49. The SMILES string of the molecule is N#CC(=Cc1cc(Cl)ccc1OCc1cccc(C(F)(F)F)c1)S(=O)(=O)c1ccccc1. The molecule has 164 valence electrons. The molecule has 4 nitrogen and oxygen atoms in total. The molecule has 0 atom stereocenters. The summed E-state index contributed by atoms with van der Waals surface area (Å²) in [6, 6.07) is 18.1. The van der Waals surface area contributed by atoms with Gasteiger partial charge in [-0.3, -0.25) is 0 Å². The summed E-state index contributed by atoms with van der Waals surface area (Å²) >= 11 is 6.02. The number of hydrogen-bond acceptors (Lipinski definition) is 4. The van der Waals surface area contributed by atoms with E-state index in [1.165, 1.54) is 54.6 Å². The van der Waals surface area contributed by atoms with Gasteiger partial charge in [-0.1, -0.05) is 41.9 Å². The van der Waals surface area contributed by atoms with E-state index in [4.69, 9.17) is 16.3 Å². The van der Waals surface area contributed by atoms with E-state index in [1.807, 2.05) is 0 Å². The molecule has 3 rings (SSSR count). The van der Waals surface area contributed by atoms with Crippen molar-refractivity contribution in [3.63, 3.8) is 0 Å². The molecule has 9 heteroatoms. The van der Waals surface area contributed by atoms with E-state index in [-0.39, 0.29) is 33.4 Å². The average molecular weight is 478 g/mol. The van der Waals surface area contributed by atoms with E-state index in [9.17, 15) is 26.9 Å². The Labute approximate surface area is 188 Å². The van der Waals surface area contributed by atoms with Crippen LogP contribution in [0.1, 0.15) is 16.7 Å². The first-order chi connectivity index (χ1) is 15.1. The van der Waals surface area contributed by atoms with Gasteiger partial charge in [0.2, 0.25) is 9.84 Å². The van der Waals surface area contributed by atoms with Crippen molar-refractivity contribution in [3.05, 3.63) is 99.4 Å². The second-order valence-electron chi connectivity index (χ2n) is 6.61. The molecule has 3 aromatic rings. The third-order valence-electron chi connectivity index (χ3n) is 4.36. The summed E-state index contributed by atoms with van der Waals surface area (Å²) in [4.78, 5) is -0.587. The van der Waals surface area contributed by atoms with Crippen LogP contribution >= 0.6 is 11.6 Å². The van der Waals surface area contributed by atoms with Crippen molar-refractivity contribution < 1.29 is 26.3 Å². The number of benzene rings is 3. The molecule has 3 aromatic carbocycles. The first-order valence-corrected chi connectivity index (χ1v) is 11.0. The van der Waals surface area contributed by atoms with Gasteiger partial charge in [-0.15, -0.1) is 0 Å². The molecule has 32 heavy (non-hydrogen) atoms. The quantitative estimate of drug-likeness (QED) is 0.392. The Bertz CT molecular complexity index is 1300. The maximum Gasteiger partial charge on any atom is 0.416 e. The first-order valence-electron chi connectivity index (χ1n) is 9.11. The summed E-state index contributed by atoms with van der Waals surface area (Å²) < 4.78 is 70.0. The van der Waals surface area contributed by atoms with Gasteiger partial charge in [-0.2, -0.15) is 18.4 Å². The number of halogens is 4. The number of ether oxygens (including phenoxy) is 1. The third-order valence-corrected chi connectivity index (χ3v) is 6.28. The lowest BCUT2D eigenvalue weighted by atomic mass is 10.1. The minimum Gasteiger partial charge on any atom is -0.488 e. The highest BCUT2D eigenvalue weighted by molar-refractivity contribution is 7.95. The number of rotatable bonds is 6. The van der Waals surface area contributed by atoms with Crippen LogP contribution in [0.25, 0.3) is 6.08 Å². The monoisotopic (exact) mass is 477 g/mol. The normalized spacial score (nSPS) is 12.3. The maximum atomic E-state index is 12.9. The first kappa shape index (κ1) is 23.4. The number of hydrogen-bond donors (Lipinski definition) is 0. The molecule has 0 unspecified atom stereocenters. The Kier molecular flexibility index (Phi) is 6.92. The number of nitrogens with zero attached hydrogens (tertiary/aromatic N) is 1. The van der Waals surface area contributed by atoms with Gasteiger partial charge in [0.25, 0.3) is 0 Å². The smallest absolute Gasteiger partial charge is 0.416 e. The Morgan fingerprint density at radius 2 is 1.75 bits per heavy atom. The van der Waals surface area contributed by atoms with Crippen LogP contribution < -0.4 is 4.74 Å². The molecular weight excluding hydrogens is 463 g/mol. The van der Waals surface area contributed by atoms with Crippen molar-refractivity contribution in [1.82, 2.24) is 0 Å². The molecule has 0 aliphatic carbocycles. The van der Waals surface area contributed by atoms with Crippen LogP contribution in [0.15, 0.2) is 82.6 Å². The summed E-state index contributed by atoms with van der Waals surface area (Å²) in [7, 11) is -4.09. The number of allylic oxidation sites excluding steroid dienone is 1. The molecule has 0 bridgehead atoms. The Hall–Kier alpha value is -3.28. The Morgan fingerprint density at radius 1 is 1.03 bits per heavy atom. The summed E-state index contributed by atoms with van der Waals surface area (Å²) in [5, 5.41) is 9.74. The van der Waals surface area contributed by atoms with E-state index < -0.39 is 26.5 Å². The van der Waals surface area contributed by atoms with Crippen LogP contribution in [0.2, 0.25) is 5.02 Å². The summed E-state index contributed by atoms with van der Waals surface area (Å²) in [6.45, 7) is -0.209. The highest BCUT2D eigenvalue weighted by atomic mass is 35.5. The van der Waals surface area contributed by atoms with Gasteiger partial charge in [0.05, 0.1) is 10.5 Å². The maximum absolute atomic E-state index is 12.9. The predicted molar refractivity (Wildman–Crippen MR) is 114 cm³/mol. The molecule has 0 amide bonds. The fourth-order valence-electron chi connectivity index (χ4n) is 2.80. The van der Waals surface area contributed by atoms with Crippen molar-refractivity contribution in [2.75, 3.05) is 0 Å². The average Bonchev–Trinajstić information content (AvgIpc) is 2.77. The molecule has 0 saturated heterocycles. The number of alkyl halides is 3. The summed E-state index contributed by atoms with van der Waals surface area (Å²) in [5.74, 6) is 0.155. The van der Waals surface area contributed by atoms with Crippen molar-refractivity contribution in [2.45, 2.75) is 17.7 Å². The summed E-state index contributed by atoms with van der Waals surface area (Å²) in [6.07, 6.45) is -3.37. The number of nitriles is 1. The molecule has 0 saturated carbocycles. The van der Waals surface area contributed by atoms with E-state index in [1.54, 1.807) is 12.1 Å². The van der Waals surface area contributed by atoms with Gasteiger partial charge in [0.1, 0.15) is 23.3 Å².